The van der Waals surface area contributed by atoms with E-state index >= 15 is 0 Å². The zero-order valence-corrected chi connectivity index (χ0v) is 12.0. The first-order valence-electron chi connectivity index (χ1n) is 6.60. The van der Waals surface area contributed by atoms with E-state index in [2.05, 4.69) is 25.9 Å². The lowest BCUT2D eigenvalue weighted by Gasteiger charge is -2.04. The van der Waals surface area contributed by atoms with Gasteiger partial charge < -0.3 is 15.1 Å². The molecule has 0 saturated heterocycles. The van der Waals surface area contributed by atoms with Gasteiger partial charge in [0.05, 0.1) is 11.7 Å². The van der Waals surface area contributed by atoms with Crippen LogP contribution in [0.15, 0.2) is 33.6 Å². The molecular formula is C13H12N6O4. The Morgan fingerprint density at radius 2 is 2.17 bits per heavy atom. The molecular weight excluding hydrogens is 304 g/mol. The Labute approximate surface area is 128 Å². The molecule has 10 nitrogen and oxygen atoms in total. The fourth-order valence-electron chi connectivity index (χ4n) is 1.99. The number of carbonyl (C=O) groups excluding carboxylic acids is 2. The molecule has 118 valence electrons. The Morgan fingerprint density at radius 3 is 2.96 bits per heavy atom. The number of aromatic nitrogens is 4. The lowest BCUT2D eigenvalue weighted by Crippen LogP contribution is -2.19. The molecule has 1 aromatic carbocycles. The predicted octanol–water partition coefficient (Wildman–Crippen LogP) is 0.310. The first-order valence-corrected chi connectivity index (χ1v) is 6.60. The van der Waals surface area contributed by atoms with Crippen molar-refractivity contribution in [3.05, 3.63) is 34.9 Å². The van der Waals surface area contributed by atoms with Crippen molar-refractivity contribution in [3.8, 4) is 0 Å². The second kappa shape index (κ2) is 5.75. The van der Waals surface area contributed by atoms with Gasteiger partial charge in [0.1, 0.15) is 6.54 Å². The van der Waals surface area contributed by atoms with Crippen LogP contribution in [0.25, 0.3) is 11.1 Å². The van der Waals surface area contributed by atoms with Crippen molar-refractivity contribution >= 4 is 34.4 Å². The average molecular weight is 316 g/mol. The highest BCUT2D eigenvalue weighted by atomic mass is 16.4. The van der Waals surface area contributed by atoms with Crippen molar-refractivity contribution < 1.29 is 14.0 Å². The van der Waals surface area contributed by atoms with E-state index < -0.39 is 5.76 Å². The predicted molar refractivity (Wildman–Crippen MR) is 79.8 cm³/mol. The summed E-state index contributed by atoms with van der Waals surface area (Å²) >= 11 is 0. The van der Waals surface area contributed by atoms with Gasteiger partial charge in [0.2, 0.25) is 11.8 Å². The van der Waals surface area contributed by atoms with E-state index in [1.165, 1.54) is 17.8 Å². The summed E-state index contributed by atoms with van der Waals surface area (Å²) in [7, 11) is 0. The van der Waals surface area contributed by atoms with E-state index in [9.17, 15) is 14.4 Å². The molecule has 23 heavy (non-hydrogen) atoms. The standard InChI is InChI=1S/C13H12N6O4/c1-7(20)14-11-5-19(18-17-11)6-12(21)15-8-2-3-10-9(4-8)16-13(22)23-10/h2-5H,6H2,1H3,(H,14,20)(H,15,21)(H,16,22). The van der Waals surface area contributed by atoms with Crippen molar-refractivity contribution in [1.29, 1.82) is 0 Å². The van der Waals surface area contributed by atoms with Gasteiger partial charge in [-0.25, -0.2) is 9.48 Å². The normalized spacial score (nSPS) is 10.7. The third-order valence-electron chi connectivity index (χ3n) is 2.85. The molecule has 2 aromatic heterocycles. The molecule has 0 saturated carbocycles. The van der Waals surface area contributed by atoms with Crippen LogP contribution in [0.5, 0.6) is 0 Å². The topological polar surface area (TPSA) is 135 Å². The summed E-state index contributed by atoms with van der Waals surface area (Å²) in [6.07, 6.45) is 1.44. The maximum absolute atomic E-state index is 12.0. The van der Waals surface area contributed by atoms with Gasteiger partial charge in [-0.3, -0.25) is 14.6 Å². The quantitative estimate of drug-likeness (QED) is 0.634. The molecule has 0 spiro atoms. The van der Waals surface area contributed by atoms with E-state index in [0.29, 0.717) is 16.8 Å². The van der Waals surface area contributed by atoms with Crippen molar-refractivity contribution in [2.45, 2.75) is 13.5 Å². The number of amides is 2. The van der Waals surface area contributed by atoms with Gasteiger partial charge in [0.25, 0.3) is 0 Å². The molecule has 3 N–H and O–H groups in total. The van der Waals surface area contributed by atoms with Gasteiger partial charge in [-0.15, -0.1) is 5.10 Å². The Balaban J connectivity index is 1.66. The highest BCUT2D eigenvalue weighted by Gasteiger charge is 2.09. The molecule has 0 aliphatic rings. The van der Waals surface area contributed by atoms with Crippen molar-refractivity contribution in [2.24, 2.45) is 0 Å². The molecule has 0 atom stereocenters. The number of carbonyl (C=O) groups is 2. The summed E-state index contributed by atoms with van der Waals surface area (Å²) in [5.74, 6) is -0.905. The zero-order chi connectivity index (χ0) is 16.4. The largest absolute Gasteiger partial charge is 0.417 e. The van der Waals surface area contributed by atoms with Gasteiger partial charge in [0.15, 0.2) is 11.4 Å². The van der Waals surface area contributed by atoms with E-state index in [1.807, 2.05) is 0 Å². The number of hydrogen-bond acceptors (Lipinski definition) is 6. The van der Waals surface area contributed by atoms with Gasteiger partial charge in [-0.05, 0) is 18.2 Å². The third-order valence-corrected chi connectivity index (χ3v) is 2.85. The number of hydrogen-bond donors (Lipinski definition) is 3. The highest BCUT2D eigenvalue weighted by Crippen LogP contribution is 2.16. The first-order chi connectivity index (χ1) is 11.0. The van der Waals surface area contributed by atoms with Crippen LogP contribution < -0.4 is 16.4 Å². The smallest absolute Gasteiger partial charge is 0.408 e. The Kier molecular flexibility index (Phi) is 3.63. The van der Waals surface area contributed by atoms with Crippen LogP contribution in [0.1, 0.15) is 6.92 Å². The highest BCUT2D eigenvalue weighted by molar-refractivity contribution is 5.92. The van der Waals surface area contributed by atoms with Crippen LogP contribution in [0.3, 0.4) is 0 Å². The molecule has 0 bridgehead atoms. The fraction of sp³-hybridized carbons (Fsp3) is 0.154. The summed E-state index contributed by atoms with van der Waals surface area (Å²) < 4.78 is 6.17. The average Bonchev–Trinajstić information content (AvgIpc) is 3.03. The van der Waals surface area contributed by atoms with E-state index in [-0.39, 0.29) is 24.2 Å². The summed E-state index contributed by atoms with van der Waals surface area (Å²) in [4.78, 5) is 36.5. The minimum atomic E-state index is -0.559. The van der Waals surface area contributed by atoms with Crippen LogP contribution >= 0.6 is 0 Å². The molecule has 0 unspecified atom stereocenters. The minimum Gasteiger partial charge on any atom is -0.408 e. The van der Waals surface area contributed by atoms with Gasteiger partial charge in [-0.1, -0.05) is 5.21 Å². The second-order valence-electron chi connectivity index (χ2n) is 4.76. The number of rotatable bonds is 4. The minimum absolute atomic E-state index is 0.0769. The van der Waals surface area contributed by atoms with Crippen LogP contribution in [0.2, 0.25) is 0 Å². The molecule has 0 radical (unpaired) electrons. The van der Waals surface area contributed by atoms with Crippen LogP contribution in [0, 0.1) is 0 Å². The lowest BCUT2D eigenvalue weighted by atomic mass is 10.3. The maximum Gasteiger partial charge on any atom is 0.417 e. The number of nitrogens with zero attached hydrogens (tertiary/aromatic N) is 3. The molecule has 2 heterocycles. The number of anilines is 2. The zero-order valence-electron chi connectivity index (χ0n) is 12.0. The molecule has 3 rings (SSSR count). The lowest BCUT2D eigenvalue weighted by molar-refractivity contribution is -0.117. The van der Waals surface area contributed by atoms with E-state index in [1.54, 1.807) is 18.2 Å². The molecule has 3 aromatic rings. The van der Waals surface area contributed by atoms with Crippen LogP contribution in [-0.4, -0.2) is 31.8 Å². The Bertz CT molecular complexity index is 937. The van der Waals surface area contributed by atoms with Crippen molar-refractivity contribution in [1.82, 2.24) is 20.0 Å². The Morgan fingerprint density at radius 1 is 1.35 bits per heavy atom. The maximum atomic E-state index is 12.0. The van der Waals surface area contributed by atoms with E-state index in [0.717, 1.165) is 0 Å². The van der Waals surface area contributed by atoms with Crippen molar-refractivity contribution in [2.75, 3.05) is 10.6 Å². The molecule has 0 aliphatic heterocycles. The van der Waals surface area contributed by atoms with Gasteiger partial charge in [-0.2, -0.15) is 0 Å². The van der Waals surface area contributed by atoms with Gasteiger partial charge >= 0.3 is 5.76 Å². The van der Waals surface area contributed by atoms with Crippen LogP contribution in [-0.2, 0) is 16.1 Å². The second-order valence-corrected chi connectivity index (χ2v) is 4.76. The SMILES string of the molecule is CC(=O)Nc1cn(CC(=O)Nc2ccc3oc(=O)[nH]c3c2)nn1. The van der Waals surface area contributed by atoms with Crippen LogP contribution in [0.4, 0.5) is 11.5 Å². The third kappa shape index (κ3) is 3.43. The number of oxazole rings is 1. The van der Waals surface area contributed by atoms with E-state index in [4.69, 9.17) is 4.42 Å². The van der Waals surface area contributed by atoms with Crippen molar-refractivity contribution in [3.63, 3.8) is 0 Å². The summed E-state index contributed by atoms with van der Waals surface area (Å²) in [5, 5.41) is 12.6. The summed E-state index contributed by atoms with van der Waals surface area (Å²) in [6, 6.07) is 4.77. The summed E-state index contributed by atoms with van der Waals surface area (Å²) in [6.45, 7) is 1.27. The Hall–Kier alpha value is -3.43. The fourth-order valence-corrected chi connectivity index (χ4v) is 1.99. The number of aromatic amines is 1. The number of nitrogens with one attached hydrogen (secondary N) is 3. The monoisotopic (exact) mass is 316 g/mol. The number of benzene rings is 1. The number of H-pyrrole nitrogens is 1. The first kappa shape index (κ1) is 14.5. The molecule has 0 fully saturated rings. The molecule has 10 heteroatoms. The molecule has 2 amide bonds. The van der Waals surface area contributed by atoms with Gasteiger partial charge in [0, 0.05) is 12.6 Å². The molecule has 0 aliphatic carbocycles. The number of fused-ring (bicyclic) bond motifs is 1. The summed E-state index contributed by atoms with van der Waals surface area (Å²) in [5.41, 5.74) is 1.40.